The Bertz CT molecular complexity index is 615. The number of ether oxygens (including phenoxy) is 2. The zero-order valence-corrected chi connectivity index (χ0v) is 12.9. The van der Waals surface area contributed by atoms with Gasteiger partial charge in [0.1, 0.15) is 6.10 Å². The van der Waals surface area contributed by atoms with E-state index in [4.69, 9.17) is 26.2 Å². The lowest BCUT2D eigenvalue weighted by Crippen LogP contribution is -2.21. The van der Waals surface area contributed by atoms with Crippen molar-refractivity contribution in [2.24, 2.45) is 5.14 Å². The lowest BCUT2D eigenvalue weighted by Gasteiger charge is -2.14. The highest BCUT2D eigenvalue weighted by atomic mass is 35.5. The molecule has 0 aliphatic rings. The quantitative estimate of drug-likeness (QED) is 0.829. The Morgan fingerprint density at radius 1 is 1.45 bits per heavy atom. The predicted octanol–water partition coefficient (Wildman–Crippen LogP) is 1.49. The van der Waals surface area contributed by atoms with Gasteiger partial charge < -0.3 is 9.47 Å². The van der Waals surface area contributed by atoms with Gasteiger partial charge in [-0.3, -0.25) is 0 Å². The van der Waals surface area contributed by atoms with E-state index in [9.17, 15) is 13.2 Å². The van der Waals surface area contributed by atoms with E-state index in [-0.39, 0.29) is 27.7 Å². The molecule has 2 N–H and O–H groups in total. The lowest BCUT2D eigenvalue weighted by atomic mass is 10.1. The van der Waals surface area contributed by atoms with Crippen molar-refractivity contribution in [2.75, 3.05) is 13.7 Å². The second-order valence-corrected chi connectivity index (χ2v) is 6.26. The van der Waals surface area contributed by atoms with Crippen molar-refractivity contribution in [1.82, 2.24) is 0 Å². The third kappa shape index (κ3) is 4.17. The van der Waals surface area contributed by atoms with Crippen LogP contribution in [0.5, 0.6) is 0 Å². The average Bonchev–Trinajstić information content (AvgIpc) is 2.30. The van der Waals surface area contributed by atoms with Crippen LogP contribution in [0.25, 0.3) is 0 Å². The summed E-state index contributed by atoms with van der Waals surface area (Å²) in [5.41, 5.74) is 0.260. The lowest BCUT2D eigenvalue weighted by molar-refractivity contribution is 0.0119. The third-order valence-electron chi connectivity index (χ3n) is 2.56. The maximum Gasteiger partial charge on any atom is 0.338 e. The molecule has 0 aliphatic carbocycles. The van der Waals surface area contributed by atoms with Gasteiger partial charge in [-0.25, -0.2) is 18.4 Å². The highest BCUT2D eigenvalue weighted by Gasteiger charge is 2.21. The number of sulfonamides is 1. The number of rotatable bonds is 5. The zero-order valence-electron chi connectivity index (χ0n) is 11.3. The molecule has 0 heterocycles. The number of carbonyl (C=O) groups excluding carboxylic acids is 1. The summed E-state index contributed by atoms with van der Waals surface area (Å²) in [5, 5.41) is 5.17. The maximum atomic E-state index is 12.0. The molecule has 0 bridgehead atoms. The smallest absolute Gasteiger partial charge is 0.338 e. The van der Waals surface area contributed by atoms with Gasteiger partial charge in [0.25, 0.3) is 0 Å². The third-order valence-corrected chi connectivity index (χ3v) is 3.82. The number of carbonyl (C=O) groups is 1. The number of hydrogen-bond donors (Lipinski definition) is 1. The number of halogens is 1. The topological polar surface area (TPSA) is 95.7 Å². The van der Waals surface area contributed by atoms with Gasteiger partial charge in [-0.2, -0.15) is 0 Å². The Hall–Kier alpha value is -1.15. The van der Waals surface area contributed by atoms with Crippen LogP contribution in [0.2, 0.25) is 5.02 Å². The van der Waals surface area contributed by atoms with Crippen LogP contribution in [0.4, 0.5) is 0 Å². The van der Waals surface area contributed by atoms with Crippen LogP contribution in [-0.2, 0) is 19.5 Å². The standard InChI is InChI=1S/C12H16ClNO5S/c1-7(6-18-3)19-12(15)10-4-9(13)5-11(8(10)2)20(14,16)17/h4-5,7H,6H2,1-3H3,(H2,14,16,17). The molecule has 8 heteroatoms. The Balaban J connectivity index is 3.19. The van der Waals surface area contributed by atoms with E-state index < -0.39 is 22.1 Å². The van der Waals surface area contributed by atoms with Crippen molar-refractivity contribution in [2.45, 2.75) is 24.8 Å². The van der Waals surface area contributed by atoms with Crippen molar-refractivity contribution in [3.63, 3.8) is 0 Å². The largest absolute Gasteiger partial charge is 0.457 e. The van der Waals surface area contributed by atoms with E-state index in [2.05, 4.69) is 0 Å². The Kier molecular flexibility index (Phi) is 5.52. The molecule has 1 unspecified atom stereocenters. The van der Waals surface area contributed by atoms with Crippen molar-refractivity contribution >= 4 is 27.6 Å². The minimum Gasteiger partial charge on any atom is -0.457 e. The monoisotopic (exact) mass is 321 g/mol. The molecule has 0 radical (unpaired) electrons. The fraction of sp³-hybridized carbons (Fsp3) is 0.417. The molecule has 0 spiro atoms. The van der Waals surface area contributed by atoms with E-state index in [0.29, 0.717) is 0 Å². The molecule has 1 rings (SSSR count). The Labute approximate surface area is 122 Å². The molecule has 0 saturated heterocycles. The number of esters is 1. The first-order valence-corrected chi connectivity index (χ1v) is 7.62. The molecule has 20 heavy (non-hydrogen) atoms. The minimum absolute atomic E-state index is 0.0597. The molecule has 6 nitrogen and oxygen atoms in total. The number of methoxy groups -OCH3 is 1. The van der Waals surface area contributed by atoms with Crippen molar-refractivity contribution in [3.8, 4) is 0 Å². The van der Waals surface area contributed by atoms with Gasteiger partial charge in [0.05, 0.1) is 17.1 Å². The molecular weight excluding hydrogens is 306 g/mol. The molecule has 1 aromatic rings. The Morgan fingerprint density at radius 2 is 2.05 bits per heavy atom. The van der Waals surface area contributed by atoms with Gasteiger partial charge in [-0.05, 0) is 31.5 Å². The van der Waals surface area contributed by atoms with E-state index in [1.165, 1.54) is 26.2 Å². The maximum absolute atomic E-state index is 12.0. The second-order valence-electron chi connectivity index (χ2n) is 4.29. The number of benzene rings is 1. The normalized spacial score (nSPS) is 13.1. The van der Waals surface area contributed by atoms with E-state index in [1.54, 1.807) is 6.92 Å². The van der Waals surface area contributed by atoms with Crippen LogP contribution in [-0.4, -0.2) is 34.2 Å². The summed E-state index contributed by atoms with van der Waals surface area (Å²) in [6.45, 7) is 3.35. The van der Waals surface area contributed by atoms with E-state index in [1.807, 2.05) is 0 Å². The highest BCUT2D eigenvalue weighted by Crippen LogP contribution is 2.24. The zero-order chi connectivity index (χ0) is 15.5. The molecule has 112 valence electrons. The summed E-state index contributed by atoms with van der Waals surface area (Å²) in [7, 11) is -2.49. The molecule has 0 amide bonds. The first kappa shape index (κ1) is 16.9. The van der Waals surface area contributed by atoms with Crippen molar-refractivity contribution in [3.05, 3.63) is 28.3 Å². The number of nitrogens with two attached hydrogens (primary N) is 1. The second kappa shape index (κ2) is 6.53. The molecule has 0 saturated carbocycles. The summed E-state index contributed by atoms with van der Waals surface area (Å²) in [4.78, 5) is 11.8. The number of primary sulfonamides is 1. The van der Waals surface area contributed by atoms with Gasteiger partial charge in [-0.15, -0.1) is 0 Å². The van der Waals surface area contributed by atoms with E-state index >= 15 is 0 Å². The molecular formula is C12H16ClNO5S. The first-order valence-electron chi connectivity index (χ1n) is 5.69. The Morgan fingerprint density at radius 3 is 2.55 bits per heavy atom. The molecule has 0 aliphatic heterocycles. The van der Waals surface area contributed by atoms with Crippen LogP contribution < -0.4 is 5.14 Å². The fourth-order valence-electron chi connectivity index (χ4n) is 1.68. The van der Waals surface area contributed by atoms with Gasteiger partial charge in [0.15, 0.2) is 0 Å². The SMILES string of the molecule is COCC(C)OC(=O)c1cc(Cl)cc(S(N)(=O)=O)c1C. The predicted molar refractivity (Wildman–Crippen MR) is 74.3 cm³/mol. The van der Waals surface area contributed by atoms with Crippen LogP contribution in [0.15, 0.2) is 17.0 Å². The first-order chi connectivity index (χ1) is 9.16. The molecule has 0 aromatic heterocycles. The van der Waals surface area contributed by atoms with Gasteiger partial charge in [0, 0.05) is 12.1 Å². The summed E-state index contributed by atoms with van der Waals surface area (Å²) >= 11 is 5.82. The van der Waals surface area contributed by atoms with E-state index in [0.717, 1.165) is 0 Å². The summed E-state index contributed by atoms with van der Waals surface area (Å²) < 4.78 is 32.9. The van der Waals surface area contributed by atoms with Crippen LogP contribution in [0, 0.1) is 6.92 Å². The molecule has 0 fully saturated rings. The minimum atomic E-state index is -3.97. The van der Waals surface area contributed by atoms with Gasteiger partial charge >= 0.3 is 5.97 Å². The van der Waals surface area contributed by atoms with Crippen LogP contribution in [0.1, 0.15) is 22.8 Å². The molecule has 1 aromatic carbocycles. The summed E-state index contributed by atoms with van der Waals surface area (Å²) in [5.74, 6) is -0.681. The number of hydrogen-bond acceptors (Lipinski definition) is 5. The van der Waals surface area contributed by atoms with Crippen LogP contribution >= 0.6 is 11.6 Å². The fourth-order valence-corrected chi connectivity index (χ4v) is 2.79. The van der Waals surface area contributed by atoms with Crippen LogP contribution in [0.3, 0.4) is 0 Å². The highest BCUT2D eigenvalue weighted by molar-refractivity contribution is 7.89. The van der Waals surface area contributed by atoms with Gasteiger partial charge in [-0.1, -0.05) is 11.6 Å². The summed E-state index contributed by atoms with van der Waals surface area (Å²) in [6.07, 6.45) is -0.469. The average molecular weight is 322 g/mol. The van der Waals surface area contributed by atoms with Gasteiger partial charge in [0.2, 0.25) is 10.0 Å². The van der Waals surface area contributed by atoms with Crippen molar-refractivity contribution < 1.29 is 22.7 Å². The molecule has 1 atom stereocenters. The summed E-state index contributed by atoms with van der Waals surface area (Å²) in [6, 6.07) is 2.54. The van der Waals surface area contributed by atoms with Crippen molar-refractivity contribution in [1.29, 1.82) is 0 Å².